The standard InChI is InChI=1S/C19H20FNO4/c20-15-3-5-16(6-4-15)23-9-1-8-21-19(22)13-14-2-7-17-18(12-14)25-11-10-24-17/h2-7,12H,1,8-11,13H2,(H,21,22). The SMILES string of the molecule is O=C(Cc1ccc2c(c1)OCCO2)NCCCOc1ccc(F)cc1. The number of halogens is 1. The monoisotopic (exact) mass is 345 g/mol. The van der Waals surface area contributed by atoms with Crippen LogP contribution in [0.15, 0.2) is 42.5 Å². The molecular formula is C19H20FNO4. The van der Waals surface area contributed by atoms with Crippen LogP contribution in [0.4, 0.5) is 4.39 Å². The molecule has 2 aromatic carbocycles. The third-order valence-electron chi connectivity index (χ3n) is 3.70. The van der Waals surface area contributed by atoms with E-state index in [-0.39, 0.29) is 18.1 Å². The Balaban J connectivity index is 1.36. The molecule has 0 saturated heterocycles. The van der Waals surface area contributed by atoms with Gasteiger partial charge in [-0.25, -0.2) is 4.39 Å². The molecule has 132 valence electrons. The summed E-state index contributed by atoms with van der Waals surface area (Å²) in [5.74, 6) is 1.67. The van der Waals surface area contributed by atoms with Gasteiger partial charge in [0, 0.05) is 6.54 Å². The molecule has 0 aliphatic carbocycles. The number of nitrogens with one attached hydrogen (secondary N) is 1. The zero-order valence-electron chi connectivity index (χ0n) is 13.8. The molecule has 0 saturated carbocycles. The molecule has 1 amide bonds. The molecule has 1 N–H and O–H groups in total. The fraction of sp³-hybridized carbons (Fsp3) is 0.316. The lowest BCUT2D eigenvalue weighted by atomic mass is 10.1. The fourth-order valence-electron chi connectivity index (χ4n) is 2.47. The Hall–Kier alpha value is -2.76. The first-order chi connectivity index (χ1) is 12.2. The Morgan fingerprint density at radius 2 is 1.84 bits per heavy atom. The van der Waals surface area contributed by atoms with Crippen LogP contribution in [0.2, 0.25) is 0 Å². The molecule has 0 spiro atoms. The lowest BCUT2D eigenvalue weighted by Gasteiger charge is -2.18. The van der Waals surface area contributed by atoms with E-state index < -0.39 is 0 Å². The summed E-state index contributed by atoms with van der Waals surface area (Å²) in [6, 6.07) is 11.4. The summed E-state index contributed by atoms with van der Waals surface area (Å²) in [6.07, 6.45) is 0.958. The van der Waals surface area contributed by atoms with Gasteiger partial charge in [0.1, 0.15) is 24.8 Å². The third kappa shape index (κ3) is 5.11. The molecule has 1 aliphatic rings. The van der Waals surface area contributed by atoms with Gasteiger partial charge in [0.2, 0.25) is 5.91 Å². The Labute approximate surface area is 145 Å². The van der Waals surface area contributed by atoms with Crippen molar-refractivity contribution in [1.82, 2.24) is 5.32 Å². The van der Waals surface area contributed by atoms with Crippen molar-refractivity contribution in [3.63, 3.8) is 0 Å². The van der Waals surface area contributed by atoms with Crippen LogP contribution in [0, 0.1) is 5.82 Å². The molecule has 5 nitrogen and oxygen atoms in total. The lowest BCUT2D eigenvalue weighted by molar-refractivity contribution is -0.120. The van der Waals surface area contributed by atoms with Gasteiger partial charge in [-0.2, -0.15) is 0 Å². The number of amides is 1. The number of benzene rings is 2. The number of hydrogen-bond acceptors (Lipinski definition) is 4. The first-order valence-electron chi connectivity index (χ1n) is 8.24. The van der Waals surface area contributed by atoms with Crippen LogP contribution in [-0.4, -0.2) is 32.3 Å². The molecule has 6 heteroatoms. The van der Waals surface area contributed by atoms with E-state index in [0.29, 0.717) is 50.0 Å². The molecule has 2 aromatic rings. The van der Waals surface area contributed by atoms with E-state index in [4.69, 9.17) is 14.2 Å². The first-order valence-corrected chi connectivity index (χ1v) is 8.24. The maximum absolute atomic E-state index is 12.8. The molecule has 0 bridgehead atoms. The van der Waals surface area contributed by atoms with Crippen molar-refractivity contribution < 1.29 is 23.4 Å². The van der Waals surface area contributed by atoms with E-state index in [1.54, 1.807) is 12.1 Å². The van der Waals surface area contributed by atoms with Gasteiger partial charge in [0.05, 0.1) is 13.0 Å². The summed E-state index contributed by atoms with van der Waals surface area (Å²) in [4.78, 5) is 12.0. The summed E-state index contributed by atoms with van der Waals surface area (Å²) in [6.45, 7) is 2.05. The van der Waals surface area contributed by atoms with Gasteiger partial charge >= 0.3 is 0 Å². The van der Waals surface area contributed by atoms with Crippen LogP contribution in [0.1, 0.15) is 12.0 Å². The Bertz CT molecular complexity index is 718. The highest BCUT2D eigenvalue weighted by atomic mass is 19.1. The van der Waals surface area contributed by atoms with Crippen LogP contribution in [0.5, 0.6) is 17.2 Å². The van der Waals surface area contributed by atoms with Crippen LogP contribution in [-0.2, 0) is 11.2 Å². The molecule has 3 rings (SSSR count). The predicted octanol–water partition coefficient (Wildman–Crippen LogP) is 2.72. The van der Waals surface area contributed by atoms with E-state index >= 15 is 0 Å². The molecule has 0 unspecified atom stereocenters. The normalized spacial score (nSPS) is 12.5. The Morgan fingerprint density at radius 1 is 1.08 bits per heavy atom. The van der Waals surface area contributed by atoms with E-state index in [9.17, 15) is 9.18 Å². The number of carbonyl (C=O) groups is 1. The summed E-state index contributed by atoms with van der Waals surface area (Å²) >= 11 is 0. The van der Waals surface area contributed by atoms with E-state index in [2.05, 4.69) is 5.32 Å². The molecule has 25 heavy (non-hydrogen) atoms. The maximum atomic E-state index is 12.8. The van der Waals surface area contributed by atoms with Gasteiger partial charge in [0.15, 0.2) is 11.5 Å². The van der Waals surface area contributed by atoms with Gasteiger partial charge in [0.25, 0.3) is 0 Å². The van der Waals surface area contributed by atoms with Crippen LogP contribution in [0.25, 0.3) is 0 Å². The molecule has 1 aliphatic heterocycles. The summed E-state index contributed by atoms with van der Waals surface area (Å²) in [5.41, 5.74) is 0.879. The first kappa shape index (κ1) is 17.1. The number of hydrogen-bond donors (Lipinski definition) is 1. The fourth-order valence-corrected chi connectivity index (χ4v) is 2.47. The molecular weight excluding hydrogens is 325 g/mol. The highest BCUT2D eigenvalue weighted by Crippen LogP contribution is 2.30. The van der Waals surface area contributed by atoms with E-state index in [1.807, 2.05) is 18.2 Å². The Morgan fingerprint density at radius 3 is 2.64 bits per heavy atom. The molecule has 0 fully saturated rings. The van der Waals surface area contributed by atoms with Gasteiger partial charge in [-0.3, -0.25) is 4.79 Å². The number of ether oxygens (including phenoxy) is 3. The van der Waals surface area contributed by atoms with Gasteiger partial charge in [-0.05, 0) is 48.4 Å². The minimum atomic E-state index is -0.293. The highest BCUT2D eigenvalue weighted by Gasteiger charge is 2.13. The minimum absolute atomic E-state index is 0.0570. The van der Waals surface area contributed by atoms with Gasteiger partial charge in [-0.15, -0.1) is 0 Å². The molecule has 0 radical (unpaired) electrons. The van der Waals surface area contributed by atoms with Crippen LogP contribution >= 0.6 is 0 Å². The number of rotatable bonds is 7. The highest BCUT2D eigenvalue weighted by molar-refractivity contribution is 5.78. The molecule has 1 heterocycles. The quantitative estimate of drug-likeness (QED) is 0.784. The summed E-state index contributed by atoms with van der Waals surface area (Å²) < 4.78 is 29.2. The molecule has 0 atom stereocenters. The van der Waals surface area contributed by atoms with E-state index in [1.165, 1.54) is 12.1 Å². The number of carbonyl (C=O) groups excluding carboxylic acids is 1. The van der Waals surface area contributed by atoms with E-state index in [0.717, 1.165) is 5.56 Å². The lowest BCUT2D eigenvalue weighted by Crippen LogP contribution is -2.27. The smallest absolute Gasteiger partial charge is 0.224 e. The topological polar surface area (TPSA) is 56.8 Å². The second-order valence-corrected chi connectivity index (χ2v) is 5.66. The maximum Gasteiger partial charge on any atom is 0.224 e. The van der Waals surface area contributed by atoms with Crippen molar-refractivity contribution in [3.8, 4) is 17.2 Å². The van der Waals surface area contributed by atoms with Gasteiger partial charge in [-0.1, -0.05) is 6.07 Å². The summed E-state index contributed by atoms with van der Waals surface area (Å²) in [7, 11) is 0. The second-order valence-electron chi connectivity index (χ2n) is 5.66. The number of fused-ring (bicyclic) bond motifs is 1. The zero-order chi connectivity index (χ0) is 17.5. The van der Waals surface area contributed by atoms with Crippen molar-refractivity contribution in [1.29, 1.82) is 0 Å². The second kappa shape index (κ2) is 8.37. The van der Waals surface area contributed by atoms with Crippen molar-refractivity contribution in [3.05, 3.63) is 53.8 Å². The van der Waals surface area contributed by atoms with Gasteiger partial charge < -0.3 is 19.5 Å². The molecule has 0 aromatic heterocycles. The zero-order valence-corrected chi connectivity index (χ0v) is 13.8. The summed E-state index contributed by atoms with van der Waals surface area (Å²) in [5, 5.41) is 2.86. The average Bonchev–Trinajstić information content (AvgIpc) is 2.63. The largest absolute Gasteiger partial charge is 0.494 e. The van der Waals surface area contributed by atoms with Crippen molar-refractivity contribution >= 4 is 5.91 Å². The van der Waals surface area contributed by atoms with Crippen LogP contribution in [0.3, 0.4) is 0 Å². The predicted molar refractivity (Wildman–Crippen MR) is 90.7 cm³/mol. The van der Waals surface area contributed by atoms with Crippen molar-refractivity contribution in [2.24, 2.45) is 0 Å². The average molecular weight is 345 g/mol. The van der Waals surface area contributed by atoms with Crippen LogP contribution < -0.4 is 19.5 Å². The Kier molecular flexibility index (Phi) is 5.72. The van der Waals surface area contributed by atoms with Crippen molar-refractivity contribution in [2.75, 3.05) is 26.4 Å². The third-order valence-corrected chi connectivity index (χ3v) is 3.70. The van der Waals surface area contributed by atoms with Crippen molar-refractivity contribution in [2.45, 2.75) is 12.8 Å². The minimum Gasteiger partial charge on any atom is -0.494 e.